The lowest BCUT2D eigenvalue weighted by molar-refractivity contribution is -0.154. The lowest BCUT2D eigenvalue weighted by atomic mass is 9.85. The molecule has 0 spiro atoms. The van der Waals surface area contributed by atoms with Crippen LogP contribution in [0.4, 0.5) is 27.6 Å². The third kappa shape index (κ3) is 4.35. The van der Waals surface area contributed by atoms with Crippen LogP contribution in [0.5, 0.6) is 5.88 Å². The van der Waals surface area contributed by atoms with E-state index in [4.69, 9.17) is 5.73 Å². The first kappa shape index (κ1) is 23.7. The maximum atomic E-state index is 14.8. The highest BCUT2D eigenvalue weighted by Crippen LogP contribution is 2.65. The van der Waals surface area contributed by atoms with Crippen LogP contribution in [0.1, 0.15) is 29.4 Å². The summed E-state index contributed by atoms with van der Waals surface area (Å²) in [5.74, 6) is -4.19. The molecule has 0 radical (unpaired) electrons. The van der Waals surface area contributed by atoms with Crippen LogP contribution in [0.25, 0.3) is 0 Å². The number of anilines is 1. The molecule has 14 heteroatoms. The van der Waals surface area contributed by atoms with Gasteiger partial charge in [-0.3, -0.25) is 9.79 Å². The molecule has 1 fully saturated rings. The molecular formula is C20H15F5N6O2S. The number of aliphatic imine (C=N–C) groups is 1. The Kier molecular flexibility index (Phi) is 5.63. The molecule has 1 aliphatic carbocycles. The number of rotatable bonds is 5. The van der Waals surface area contributed by atoms with Crippen molar-refractivity contribution < 1.29 is 31.5 Å². The molecule has 3 N–H and O–H groups in total. The third-order valence-corrected chi connectivity index (χ3v) is 6.69. The number of halogens is 5. The number of amidine groups is 1. The van der Waals surface area contributed by atoms with Gasteiger partial charge in [-0.05, 0) is 19.4 Å². The van der Waals surface area contributed by atoms with Gasteiger partial charge in [-0.2, -0.15) is 18.4 Å². The average Bonchev–Trinajstić information content (AvgIpc) is 3.50. The molecule has 2 aromatic rings. The van der Waals surface area contributed by atoms with E-state index in [0.29, 0.717) is 6.42 Å². The number of carbonyl (C=O) groups is 1. The van der Waals surface area contributed by atoms with E-state index < -0.39 is 52.4 Å². The van der Waals surface area contributed by atoms with Crippen molar-refractivity contribution in [2.45, 2.75) is 29.8 Å². The highest BCUT2D eigenvalue weighted by molar-refractivity contribution is 8.15. The second-order valence-corrected chi connectivity index (χ2v) is 9.23. The van der Waals surface area contributed by atoms with E-state index in [2.05, 4.69) is 31.1 Å². The molecule has 2 aliphatic rings. The number of thioether (sulfide) groups is 1. The summed E-state index contributed by atoms with van der Waals surface area (Å²) in [6, 6.07) is 4.11. The predicted molar refractivity (Wildman–Crippen MR) is 111 cm³/mol. The Morgan fingerprint density at radius 2 is 2.09 bits per heavy atom. The van der Waals surface area contributed by atoms with E-state index in [1.165, 1.54) is 13.0 Å². The fraction of sp³-hybridized carbons (Fsp3) is 0.350. The smallest absolute Gasteiger partial charge is 0.422 e. The summed E-state index contributed by atoms with van der Waals surface area (Å²) in [5, 5.41) is 11.9. The maximum Gasteiger partial charge on any atom is 0.422 e. The van der Waals surface area contributed by atoms with Crippen molar-refractivity contribution in [2.75, 3.05) is 11.9 Å². The number of hydrogen-bond acceptors (Lipinski definition) is 8. The maximum absolute atomic E-state index is 14.8. The van der Waals surface area contributed by atoms with Crippen LogP contribution in [0.2, 0.25) is 0 Å². The summed E-state index contributed by atoms with van der Waals surface area (Å²) >= 11 is 1.08. The lowest BCUT2D eigenvalue weighted by Gasteiger charge is -2.32. The van der Waals surface area contributed by atoms with Gasteiger partial charge in [0.2, 0.25) is 5.88 Å². The van der Waals surface area contributed by atoms with Crippen molar-refractivity contribution in [1.82, 2.24) is 9.97 Å². The van der Waals surface area contributed by atoms with Crippen LogP contribution in [-0.4, -0.2) is 38.6 Å². The second-order valence-electron chi connectivity index (χ2n) is 7.88. The zero-order valence-corrected chi connectivity index (χ0v) is 18.1. The number of benzene rings is 1. The van der Waals surface area contributed by atoms with Gasteiger partial charge in [0.25, 0.3) is 5.91 Å². The molecule has 1 saturated carbocycles. The molecule has 1 aliphatic heterocycles. The van der Waals surface area contributed by atoms with Gasteiger partial charge < -0.3 is 15.8 Å². The Morgan fingerprint density at radius 1 is 1.35 bits per heavy atom. The highest BCUT2D eigenvalue weighted by Gasteiger charge is 2.67. The van der Waals surface area contributed by atoms with Gasteiger partial charge in [-0.1, -0.05) is 11.8 Å². The SMILES string of the molecule is C[C@@]1(c2cc(NC(=O)c3cnc(OCC(F)(F)F)cn3)cc(F)c2F)N=C(N)S[C@@]2(C#N)C[C@@H]12. The number of hydrogen-bond donors (Lipinski definition) is 2. The van der Waals surface area contributed by atoms with Crippen LogP contribution in [0.3, 0.4) is 0 Å². The molecule has 1 aromatic carbocycles. The number of carbonyl (C=O) groups excluding carboxylic acids is 1. The van der Waals surface area contributed by atoms with Crippen molar-refractivity contribution >= 4 is 28.5 Å². The molecule has 4 rings (SSSR count). The monoisotopic (exact) mass is 498 g/mol. The first-order valence-corrected chi connectivity index (χ1v) is 10.5. The number of alkyl halides is 3. The Labute approximate surface area is 193 Å². The van der Waals surface area contributed by atoms with E-state index >= 15 is 0 Å². The van der Waals surface area contributed by atoms with Crippen molar-refractivity contribution in [3.05, 3.63) is 47.4 Å². The number of nitrogens with two attached hydrogens (primary N) is 1. The van der Waals surface area contributed by atoms with Gasteiger partial charge in [0.05, 0.1) is 24.0 Å². The first-order valence-electron chi connectivity index (χ1n) is 9.65. The van der Waals surface area contributed by atoms with Gasteiger partial charge in [0.1, 0.15) is 10.4 Å². The van der Waals surface area contributed by atoms with Crippen LogP contribution in [0, 0.1) is 28.9 Å². The molecule has 3 atom stereocenters. The number of nitrogens with zero attached hydrogens (tertiary/aromatic N) is 4. The van der Waals surface area contributed by atoms with Gasteiger partial charge >= 0.3 is 6.18 Å². The van der Waals surface area contributed by atoms with Crippen LogP contribution >= 0.6 is 11.8 Å². The Hall–Kier alpha value is -3.47. The van der Waals surface area contributed by atoms with Crippen LogP contribution in [0.15, 0.2) is 29.5 Å². The molecule has 8 nitrogen and oxygen atoms in total. The number of amides is 1. The molecule has 1 amide bonds. The fourth-order valence-electron chi connectivity index (χ4n) is 3.81. The van der Waals surface area contributed by atoms with Crippen molar-refractivity contribution in [1.29, 1.82) is 5.26 Å². The Balaban J connectivity index is 1.57. The third-order valence-electron chi connectivity index (χ3n) is 5.48. The van der Waals surface area contributed by atoms with Gasteiger partial charge in [-0.25, -0.2) is 18.7 Å². The zero-order valence-electron chi connectivity index (χ0n) is 17.3. The predicted octanol–water partition coefficient (Wildman–Crippen LogP) is 3.51. The summed E-state index contributed by atoms with van der Waals surface area (Å²) < 4.78 is 69.4. The van der Waals surface area contributed by atoms with Crippen molar-refractivity contribution in [2.24, 2.45) is 16.6 Å². The summed E-state index contributed by atoms with van der Waals surface area (Å²) in [7, 11) is 0. The van der Waals surface area contributed by atoms with E-state index in [9.17, 15) is 32.0 Å². The fourth-order valence-corrected chi connectivity index (χ4v) is 5.08. The normalized spacial score (nSPS) is 25.6. The Bertz CT molecular complexity index is 1230. The summed E-state index contributed by atoms with van der Waals surface area (Å²) in [6.45, 7) is -0.0405. The van der Waals surface area contributed by atoms with Gasteiger partial charge in [0.15, 0.2) is 23.4 Å². The lowest BCUT2D eigenvalue weighted by Crippen LogP contribution is -2.35. The Morgan fingerprint density at radius 3 is 2.71 bits per heavy atom. The topological polar surface area (TPSA) is 126 Å². The molecule has 34 heavy (non-hydrogen) atoms. The zero-order chi connectivity index (χ0) is 24.9. The molecule has 0 bridgehead atoms. The molecule has 2 heterocycles. The van der Waals surface area contributed by atoms with E-state index in [1.54, 1.807) is 0 Å². The largest absolute Gasteiger partial charge is 0.467 e. The van der Waals surface area contributed by atoms with E-state index in [0.717, 1.165) is 30.2 Å². The van der Waals surface area contributed by atoms with Gasteiger partial charge in [-0.15, -0.1) is 0 Å². The van der Waals surface area contributed by atoms with Crippen LogP contribution in [-0.2, 0) is 5.54 Å². The standard InChI is InChI=1S/C20H15F5N6O2S/c1-18(13-4-19(13,7-26)34-17(27)31-18)10-2-9(3-11(21)15(10)22)30-16(32)12-5-29-14(6-28-12)33-8-20(23,24)25/h2-3,5-6,13H,4,8H2,1H3,(H2,27,31)(H,30,32)/t13-,18-,19+/m0/s1. The minimum Gasteiger partial charge on any atom is -0.467 e. The molecular weight excluding hydrogens is 483 g/mol. The molecule has 0 unspecified atom stereocenters. The summed E-state index contributed by atoms with van der Waals surface area (Å²) in [4.78, 5) is 24.0. The number of fused-ring (bicyclic) bond motifs is 1. The van der Waals surface area contributed by atoms with E-state index in [-0.39, 0.29) is 22.1 Å². The van der Waals surface area contributed by atoms with E-state index in [1.807, 2.05) is 0 Å². The number of nitrogens with one attached hydrogen (secondary N) is 1. The minimum atomic E-state index is -4.57. The van der Waals surface area contributed by atoms with Gasteiger partial charge in [0, 0.05) is 23.2 Å². The number of nitriles is 1. The first-order chi connectivity index (χ1) is 15.9. The average molecular weight is 498 g/mol. The van der Waals surface area contributed by atoms with Crippen molar-refractivity contribution in [3.63, 3.8) is 0 Å². The molecule has 178 valence electrons. The highest BCUT2D eigenvalue weighted by atomic mass is 32.2. The molecule has 0 saturated heterocycles. The summed E-state index contributed by atoms with van der Waals surface area (Å²) in [5.41, 5.74) is 3.89. The number of ether oxygens (including phenoxy) is 1. The van der Waals surface area contributed by atoms with Crippen LogP contribution < -0.4 is 15.8 Å². The quantitative estimate of drug-likeness (QED) is 0.604. The number of aromatic nitrogens is 2. The second kappa shape index (κ2) is 8.08. The molecule has 1 aromatic heterocycles. The minimum absolute atomic E-state index is 0.0650. The summed E-state index contributed by atoms with van der Waals surface area (Å²) in [6.07, 6.45) is -2.50. The van der Waals surface area contributed by atoms with Crippen molar-refractivity contribution in [3.8, 4) is 11.9 Å².